The Kier molecular flexibility index (Phi) is 7.58. The van der Waals surface area contributed by atoms with Gasteiger partial charge in [-0.25, -0.2) is 4.79 Å². The van der Waals surface area contributed by atoms with Crippen LogP contribution in [0.5, 0.6) is 0 Å². The Labute approximate surface area is 234 Å². The van der Waals surface area contributed by atoms with Crippen LogP contribution in [0.4, 0.5) is 16.2 Å². The van der Waals surface area contributed by atoms with E-state index in [2.05, 4.69) is 19.2 Å². The van der Waals surface area contributed by atoms with E-state index in [0.717, 1.165) is 29.1 Å². The van der Waals surface area contributed by atoms with Gasteiger partial charge >= 0.3 is 6.09 Å². The number of piperazine rings is 1. The van der Waals surface area contributed by atoms with Crippen molar-refractivity contribution in [3.63, 3.8) is 0 Å². The Morgan fingerprint density at radius 1 is 1.00 bits per heavy atom. The molecule has 2 aromatic carbocycles. The molecule has 39 heavy (non-hydrogen) atoms. The molecule has 2 heterocycles. The number of carbonyl (C=O) groups is 3. The van der Waals surface area contributed by atoms with Gasteiger partial charge in [-0.15, -0.1) is 0 Å². The van der Waals surface area contributed by atoms with Crippen molar-refractivity contribution < 1.29 is 19.1 Å². The Morgan fingerprint density at radius 2 is 1.67 bits per heavy atom. The van der Waals surface area contributed by atoms with Gasteiger partial charge in [-0.05, 0) is 48.6 Å². The summed E-state index contributed by atoms with van der Waals surface area (Å²) in [6.07, 6.45) is 0.813. The zero-order valence-corrected chi connectivity index (χ0v) is 23.5. The van der Waals surface area contributed by atoms with Gasteiger partial charge < -0.3 is 24.8 Å². The van der Waals surface area contributed by atoms with E-state index in [0.29, 0.717) is 49.8 Å². The summed E-state index contributed by atoms with van der Waals surface area (Å²) in [5, 5.41) is 4.19. The molecular weight excluding hydrogens is 516 g/mol. The summed E-state index contributed by atoms with van der Waals surface area (Å²) in [5.41, 5.74) is 4.06. The van der Waals surface area contributed by atoms with E-state index in [9.17, 15) is 14.4 Å². The summed E-state index contributed by atoms with van der Waals surface area (Å²) < 4.78 is 5.12. The maximum absolute atomic E-state index is 13.8. The normalized spacial score (nSPS) is 20.6. The lowest BCUT2D eigenvalue weighted by atomic mass is 9.73. The van der Waals surface area contributed by atoms with Gasteiger partial charge in [0.25, 0.3) is 0 Å². The first kappa shape index (κ1) is 27.1. The van der Waals surface area contributed by atoms with E-state index in [4.69, 9.17) is 16.3 Å². The summed E-state index contributed by atoms with van der Waals surface area (Å²) in [4.78, 5) is 45.2. The number of halogens is 1. The number of nitrogens with zero attached hydrogens (tertiary/aromatic N) is 3. The maximum atomic E-state index is 13.8. The highest BCUT2D eigenvalue weighted by atomic mass is 35.5. The molecule has 0 saturated carbocycles. The first-order valence-electron chi connectivity index (χ1n) is 13.5. The van der Waals surface area contributed by atoms with Crippen LogP contribution in [0.25, 0.3) is 0 Å². The molecule has 1 fully saturated rings. The fourth-order valence-corrected chi connectivity index (χ4v) is 5.94. The van der Waals surface area contributed by atoms with Crippen molar-refractivity contribution in [2.75, 3.05) is 49.5 Å². The third-order valence-corrected chi connectivity index (χ3v) is 7.91. The number of amides is 2. The molecule has 3 aliphatic rings. The molecule has 1 unspecified atom stereocenters. The third kappa shape index (κ3) is 5.62. The lowest BCUT2D eigenvalue weighted by Gasteiger charge is -2.39. The van der Waals surface area contributed by atoms with Crippen molar-refractivity contribution in [1.82, 2.24) is 9.80 Å². The molecule has 0 bridgehead atoms. The summed E-state index contributed by atoms with van der Waals surface area (Å²) in [6, 6.07) is 15.0. The Bertz CT molecular complexity index is 1300. The molecule has 1 atom stereocenters. The highest BCUT2D eigenvalue weighted by molar-refractivity contribution is 6.30. The number of hydrogen-bond donors (Lipinski definition) is 1. The Hall–Kier alpha value is -3.52. The number of carbonyl (C=O) groups excluding carboxylic acids is 3. The number of Topliss-reactive ketones (excluding diaryl/α,β-unsaturated/α-hetero) is 1. The first-order chi connectivity index (χ1) is 18.7. The first-order valence-corrected chi connectivity index (χ1v) is 13.9. The van der Waals surface area contributed by atoms with Crippen molar-refractivity contribution >= 4 is 40.8 Å². The van der Waals surface area contributed by atoms with Crippen LogP contribution >= 0.6 is 11.6 Å². The Balaban J connectivity index is 1.52. The second-order valence-electron chi connectivity index (χ2n) is 11.1. The number of para-hydroxylation sites is 2. The minimum Gasteiger partial charge on any atom is -0.450 e. The number of anilines is 2. The summed E-state index contributed by atoms with van der Waals surface area (Å²) in [6.45, 7) is 8.11. The highest BCUT2D eigenvalue weighted by Crippen LogP contribution is 2.48. The van der Waals surface area contributed by atoms with Crippen molar-refractivity contribution in [3.8, 4) is 0 Å². The standard InChI is InChI=1S/C30H35ClN4O4/c1-4-39-29(38)34-15-13-33(14-16-34)26(37)19-35-24-8-6-5-7-22(24)32-23-17-30(2,3)18-25(36)27(23)28(35)20-9-11-21(31)12-10-20/h5-12,28,32H,4,13-19H2,1-3H3. The fourth-order valence-electron chi connectivity index (χ4n) is 5.82. The number of allylic oxidation sites excluding steroid dienone is 1. The van der Waals surface area contributed by atoms with E-state index in [-0.39, 0.29) is 29.7 Å². The molecule has 2 aromatic rings. The smallest absolute Gasteiger partial charge is 0.409 e. The van der Waals surface area contributed by atoms with Crippen LogP contribution in [0.1, 0.15) is 45.2 Å². The van der Waals surface area contributed by atoms with Gasteiger partial charge in [0.05, 0.1) is 30.6 Å². The molecule has 0 radical (unpaired) electrons. The van der Waals surface area contributed by atoms with Crippen molar-refractivity contribution in [1.29, 1.82) is 0 Å². The summed E-state index contributed by atoms with van der Waals surface area (Å²) >= 11 is 6.24. The van der Waals surface area contributed by atoms with Crippen LogP contribution in [0.2, 0.25) is 5.02 Å². The van der Waals surface area contributed by atoms with E-state index < -0.39 is 6.04 Å². The molecule has 206 valence electrons. The van der Waals surface area contributed by atoms with E-state index in [1.807, 2.05) is 53.4 Å². The van der Waals surface area contributed by atoms with Crippen LogP contribution in [0.15, 0.2) is 59.8 Å². The van der Waals surface area contributed by atoms with Crippen LogP contribution < -0.4 is 10.2 Å². The molecule has 1 aliphatic carbocycles. The van der Waals surface area contributed by atoms with Crippen LogP contribution in [-0.2, 0) is 14.3 Å². The second-order valence-corrected chi connectivity index (χ2v) is 11.6. The molecule has 0 aromatic heterocycles. The van der Waals surface area contributed by atoms with Gasteiger partial charge in [0, 0.05) is 48.9 Å². The van der Waals surface area contributed by atoms with E-state index >= 15 is 0 Å². The number of nitrogens with one attached hydrogen (secondary N) is 1. The number of fused-ring (bicyclic) bond motifs is 1. The zero-order valence-electron chi connectivity index (χ0n) is 22.7. The number of ketones is 1. The van der Waals surface area contributed by atoms with Crippen molar-refractivity contribution in [2.24, 2.45) is 5.41 Å². The number of ether oxygens (including phenoxy) is 1. The minimum absolute atomic E-state index is 0.0556. The molecule has 9 heteroatoms. The predicted octanol–water partition coefficient (Wildman–Crippen LogP) is 5.26. The van der Waals surface area contributed by atoms with E-state index in [1.165, 1.54) is 0 Å². The molecule has 2 amide bonds. The molecule has 0 spiro atoms. The van der Waals surface area contributed by atoms with E-state index in [1.54, 1.807) is 16.7 Å². The number of benzene rings is 2. The van der Waals surface area contributed by atoms with Crippen LogP contribution in [0, 0.1) is 5.41 Å². The number of hydrogen-bond acceptors (Lipinski definition) is 6. The van der Waals surface area contributed by atoms with Crippen molar-refractivity contribution in [3.05, 3.63) is 70.4 Å². The highest BCUT2D eigenvalue weighted by Gasteiger charge is 2.42. The molecule has 5 rings (SSSR count). The maximum Gasteiger partial charge on any atom is 0.409 e. The molecule has 2 aliphatic heterocycles. The number of rotatable bonds is 4. The van der Waals surface area contributed by atoms with Gasteiger partial charge in [0.2, 0.25) is 5.91 Å². The minimum atomic E-state index is -0.457. The summed E-state index contributed by atoms with van der Waals surface area (Å²) in [7, 11) is 0. The molecular formula is C30H35ClN4O4. The van der Waals surface area contributed by atoms with Gasteiger partial charge in [-0.3, -0.25) is 9.59 Å². The average molecular weight is 551 g/mol. The molecule has 1 N–H and O–H groups in total. The molecule has 8 nitrogen and oxygen atoms in total. The lowest BCUT2D eigenvalue weighted by molar-refractivity contribution is -0.131. The lowest BCUT2D eigenvalue weighted by Crippen LogP contribution is -2.53. The van der Waals surface area contributed by atoms with Gasteiger partial charge in [-0.1, -0.05) is 49.7 Å². The van der Waals surface area contributed by atoms with Gasteiger partial charge in [-0.2, -0.15) is 0 Å². The topological polar surface area (TPSA) is 82.2 Å². The summed E-state index contributed by atoms with van der Waals surface area (Å²) in [5.74, 6) is 0.0296. The van der Waals surface area contributed by atoms with Gasteiger partial charge in [0.1, 0.15) is 0 Å². The predicted molar refractivity (Wildman–Crippen MR) is 152 cm³/mol. The average Bonchev–Trinajstić information content (AvgIpc) is 3.03. The van der Waals surface area contributed by atoms with Gasteiger partial charge in [0.15, 0.2) is 5.78 Å². The molecule has 1 saturated heterocycles. The second kappa shape index (κ2) is 10.9. The monoisotopic (exact) mass is 550 g/mol. The van der Waals surface area contributed by atoms with Crippen LogP contribution in [-0.4, -0.2) is 66.9 Å². The quantitative estimate of drug-likeness (QED) is 0.559. The largest absolute Gasteiger partial charge is 0.450 e. The SMILES string of the molecule is CCOC(=O)N1CCN(C(=O)CN2c3ccccc3NC3=C(C(=O)CC(C)(C)C3)C2c2ccc(Cl)cc2)CC1. The zero-order chi connectivity index (χ0) is 27.7. The van der Waals surface area contributed by atoms with Crippen LogP contribution in [0.3, 0.4) is 0 Å². The Morgan fingerprint density at radius 3 is 2.36 bits per heavy atom. The third-order valence-electron chi connectivity index (χ3n) is 7.65. The van der Waals surface area contributed by atoms with Crippen molar-refractivity contribution in [2.45, 2.75) is 39.7 Å². The fraction of sp³-hybridized carbons (Fsp3) is 0.433.